The van der Waals surface area contributed by atoms with Crippen LogP contribution >= 0.6 is 0 Å². The van der Waals surface area contributed by atoms with E-state index in [0.29, 0.717) is 18.8 Å². The second kappa shape index (κ2) is 9.93. The minimum atomic E-state index is -0.337. The Balaban J connectivity index is 1.82. The number of benzene rings is 2. The molecule has 0 radical (unpaired) electrons. The molecule has 0 saturated carbocycles. The Morgan fingerprint density at radius 1 is 0.960 bits per heavy atom. The van der Waals surface area contributed by atoms with Gasteiger partial charge in [0.15, 0.2) is 0 Å². The highest BCUT2D eigenvalue weighted by atomic mass is 16.6. The van der Waals surface area contributed by atoms with Crippen LogP contribution in [0.2, 0.25) is 0 Å². The molecule has 0 amide bonds. The molecule has 4 nitrogen and oxygen atoms in total. The normalized spacial score (nSPS) is 9.60. The van der Waals surface area contributed by atoms with Gasteiger partial charge >= 0.3 is 5.97 Å². The second-order valence-electron chi connectivity index (χ2n) is 5.24. The van der Waals surface area contributed by atoms with E-state index in [0.717, 1.165) is 23.1 Å². The van der Waals surface area contributed by atoms with Gasteiger partial charge in [0, 0.05) is 11.1 Å². The summed E-state index contributed by atoms with van der Waals surface area (Å²) in [6.07, 6.45) is 0.725. The largest absolute Gasteiger partial charge is 0.464 e. The van der Waals surface area contributed by atoms with E-state index in [1.54, 1.807) is 19.1 Å². The number of carbonyl (C=O) groups excluding carboxylic acids is 1. The van der Waals surface area contributed by atoms with E-state index in [1.807, 2.05) is 36.4 Å². The number of hydrogen-bond acceptors (Lipinski definition) is 4. The number of carbonyl (C=O) groups is 1. The number of rotatable bonds is 6. The van der Waals surface area contributed by atoms with E-state index in [4.69, 9.17) is 14.7 Å². The topological polar surface area (TPSA) is 59.3 Å². The number of esters is 1. The Morgan fingerprint density at radius 2 is 1.52 bits per heavy atom. The molecule has 0 bridgehead atoms. The lowest BCUT2D eigenvalue weighted by Gasteiger charge is -2.04. The van der Waals surface area contributed by atoms with Crippen molar-refractivity contribution in [3.05, 3.63) is 70.8 Å². The SMILES string of the molecule is CCOC(=O)COCCc1ccc(C#Cc2ccc(C#N)cc2)cc1. The van der Waals surface area contributed by atoms with Gasteiger partial charge in [0.05, 0.1) is 24.8 Å². The molecule has 0 unspecified atom stereocenters. The Hall–Kier alpha value is -3.08. The lowest BCUT2D eigenvalue weighted by Crippen LogP contribution is -2.13. The van der Waals surface area contributed by atoms with Gasteiger partial charge in [0.1, 0.15) is 6.61 Å². The maximum absolute atomic E-state index is 11.1. The maximum Gasteiger partial charge on any atom is 0.332 e. The zero-order valence-electron chi connectivity index (χ0n) is 14.1. The first-order chi connectivity index (χ1) is 12.2. The van der Waals surface area contributed by atoms with Crippen LogP contribution in [0.3, 0.4) is 0 Å². The van der Waals surface area contributed by atoms with Gasteiger partial charge in [0.2, 0.25) is 0 Å². The molecule has 0 aliphatic heterocycles. The fourth-order valence-corrected chi connectivity index (χ4v) is 2.08. The van der Waals surface area contributed by atoms with Gasteiger partial charge in [0.25, 0.3) is 0 Å². The van der Waals surface area contributed by atoms with E-state index in [-0.39, 0.29) is 12.6 Å². The number of ether oxygens (including phenoxy) is 2. The minimum absolute atomic E-state index is 0.0119. The Bertz CT molecular complexity index is 790. The maximum atomic E-state index is 11.1. The fraction of sp³-hybridized carbons (Fsp3) is 0.238. The third-order valence-corrected chi connectivity index (χ3v) is 3.38. The summed E-state index contributed by atoms with van der Waals surface area (Å²) in [5, 5.41) is 8.77. The molecule has 0 aliphatic carbocycles. The first-order valence-corrected chi connectivity index (χ1v) is 8.05. The molecule has 126 valence electrons. The summed E-state index contributed by atoms with van der Waals surface area (Å²) < 4.78 is 10.1. The molecule has 0 saturated heterocycles. The van der Waals surface area contributed by atoms with Crippen molar-refractivity contribution in [3.8, 4) is 17.9 Å². The van der Waals surface area contributed by atoms with Gasteiger partial charge in [-0.3, -0.25) is 0 Å². The monoisotopic (exact) mass is 333 g/mol. The molecule has 25 heavy (non-hydrogen) atoms. The minimum Gasteiger partial charge on any atom is -0.464 e. The summed E-state index contributed by atoms with van der Waals surface area (Å²) >= 11 is 0. The van der Waals surface area contributed by atoms with Gasteiger partial charge in [-0.05, 0) is 55.3 Å². The van der Waals surface area contributed by atoms with E-state index in [2.05, 4.69) is 17.9 Å². The number of hydrogen-bond donors (Lipinski definition) is 0. The Kier molecular flexibility index (Phi) is 7.25. The highest BCUT2D eigenvalue weighted by Crippen LogP contribution is 2.06. The third kappa shape index (κ3) is 6.51. The van der Waals surface area contributed by atoms with Crippen molar-refractivity contribution < 1.29 is 14.3 Å². The van der Waals surface area contributed by atoms with Crippen LogP contribution in [0.15, 0.2) is 48.5 Å². The van der Waals surface area contributed by atoms with Crippen LogP contribution in [0.4, 0.5) is 0 Å². The van der Waals surface area contributed by atoms with Crippen LogP contribution in [0.1, 0.15) is 29.2 Å². The molecular formula is C21H19NO3. The molecule has 2 rings (SSSR count). The molecule has 0 atom stereocenters. The predicted molar refractivity (Wildman–Crippen MR) is 94.7 cm³/mol. The van der Waals surface area contributed by atoms with Crippen LogP contribution in [-0.2, 0) is 20.7 Å². The van der Waals surface area contributed by atoms with Crippen molar-refractivity contribution in [2.75, 3.05) is 19.8 Å². The molecule has 0 fully saturated rings. The number of nitriles is 1. The first-order valence-electron chi connectivity index (χ1n) is 8.05. The van der Waals surface area contributed by atoms with Gasteiger partial charge in [-0.25, -0.2) is 4.79 Å². The van der Waals surface area contributed by atoms with Crippen LogP contribution in [0.5, 0.6) is 0 Å². The molecule has 0 heterocycles. The summed E-state index contributed by atoms with van der Waals surface area (Å²) in [5.74, 6) is 5.83. The van der Waals surface area contributed by atoms with Crippen molar-refractivity contribution in [2.45, 2.75) is 13.3 Å². The fourth-order valence-electron chi connectivity index (χ4n) is 2.08. The van der Waals surface area contributed by atoms with E-state index in [9.17, 15) is 4.79 Å². The average Bonchev–Trinajstić information content (AvgIpc) is 2.65. The van der Waals surface area contributed by atoms with Gasteiger partial charge in [-0.1, -0.05) is 24.0 Å². The molecule has 0 aliphatic rings. The molecule has 0 N–H and O–H groups in total. The van der Waals surface area contributed by atoms with Crippen LogP contribution in [0.25, 0.3) is 0 Å². The smallest absolute Gasteiger partial charge is 0.332 e. The average molecular weight is 333 g/mol. The molecule has 2 aromatic carbocycles. The highest BCUT2D eigenvalue weighted by Gasteiger charge is 2.01. The second-order valence-corrected chi connectivity index (χ2v) is 5.24. The number of nitrogens with zero attached hydrogens (tertiary/aromatic N) is 1. The van der Waals surface area contributed by atoms with Crippen molar-refractivity contribution in [3.63, 3.8) is 0 Å². The quantitative estimate of drug-likeness (QED) is 0.463. The van der Waals surface area contributed by atoms with Crippen LogP contribution in [-0.4, -0.2) is 25.8 Å². The van der Waals surface area contributed by atoms with Gasteiger partial charge in [-0.2, -0.15) is 5.26 Å². The van der Waals surface area contributed by atoms with E-state index < -0.39 is 0 Å². The van der Waals surface area contributed by atoms with Crippen molar-refractivity contribution in [2.24, 2.45) is 0 Å². The van der Waals surface area contributed by atoms with Gasteiger partial charge < -0.3 is 9.47 Å². The zero-order valence-corrected chi connectivity index (χ0v) is 14.1. The summed E-state index contributed by atoms with van der Waals surface area (Å²) in [6, 6.07) is 17.2. The van der Waals surface area contributed by atoms with Crippen molar-refractivity contribution in [1.82, 2.24) is 0 Å². The van der Waals surface area contributed by atoms with Crippen molar-refractivity contribution >= 4 is 5.97 Å². The first kappa shape index (κ1) is 18.3. The van der Waals surface area contributed by atoms with Gasteiger partial charge in [-0.15, -0.1) is 0 Å². The van der Waals surface area contributed by atoms with E-state index in [1.165, 1.54) is 0 Å². The Morgan fingerprint density at radius 3 is 2.08 bits per heavy atom. The van der Waals surface area contributed by atoms with Crippen molar-refractivity contribution in [1.29, 1.82) is 5.26 Å². The lowest BCUT2D eigenvalue weighted by molar-refractivity contribution is -0.148. The summed E-state index contributed by atoms with van der Waals surface area (Å²) in [5.41, 5.74) is 3.53. The molecule has 4 heteroatoms. The summed E-state index contributed by atoms with van der Waals surface area (Å²) in [7, 11) is 0. The van der Waals surface area contributed by atoms with Crippen LogP contribution in [0, 0.1) is 23.2 Å². The molecular weight excluding hydrogens is 314 g/mol. The predicted octanol–water partition coefficient (Wildman–Crippen LogP) is 3.08. The Labute approximate surface area is 148 Å². The summed E-state index contributed by atoms with van der Waals surface area (Å²) in [6.45, 7) is 2.59. The standard InChI is InChI=1S/C21H19NO3/c1-2-25-21(23)16-24-14-13-19-7-5-17(6-8-19)3-4-18-9-11-20(15-22)12-10-18/h5-12H,2,13-14,16H2,1H3. The summed E-state index contributed by atoms with van der Waals surface area (Å²) in [4.78, 5) is 11.1. The lowest BCUT2D eigenvalue weighted by atomic mass is 10.1. The zero-order chi connectivity index (χ0) is 17.9. The molecule has 0 spiro atoms. The third-order valence-electron chi connectivity index (χ3n) is 3.38. The van der Waals surface area contributed by atoms with E-state index >= 15 is 0 Å². The highest BCUT2D eigenvalue weighted by molar-refractivity contribution is 5.70. The molecule has 0 aromatic heterocycles. The molecule has 2 aromatic rings. The van der Waals surface area contributed by atoms with Crippen LogP contribution < -0.4 is 0 Å².